The van der Waals surface area contributed by atoms with Crippen LogP contribution in [0.25, 0.3) is 0 Å². The first-order chi connectivity index (χ1) is 25.5. The van der Waals surface area contributed by atoms with E-state index in [0.717, 1.165) is 42.4 Å². The number of nitrogens with zero attached hydrogens (tertiary/aromatic N) is 4. The van der Waals surface area contributed by atoms with E-state index in [1.54, 1.807) is 18.3 Å². The number of amides is 3. The van der Waals surface area contributed by atoms with Crippen LogP contribution in [0.15, 0.2) is 90.4 Å². The second kappa shape index (κ2) is 16.5. The van der Waals surface area contributed by atoms with E-state index in [1.165, 1.54) is 35.0 Å². The number of carbonyl (C=O) groups is 4. The van der Waals surface area contributed by atoms with Gasteiger partial charge in [-0.2, -0.15) is 0 Å². The molecule has 12 nitrogen and oxygen atoms in total. The number of aldehydes is 1. The number of anilines is 2. The summed E-state index contributed by atoms with van der Waals surface area (Å²) in [5.74, 6) is 1.14. The summed E-state index contributed by atoms with van der Waals surface area (Å²) >= 11 is 1.44. The molecule has 1 atom stereocenters. The third-order valence-corrected chi connectivity index (χ3v) is 10.3. The lowest BCUT2D eigenvalue weighted by Gasteiger charge is -2.41. The summed E-state index contributed by atoms with van der Waals surface area (Å²) in [5, 5.41) is 2.28. The number of likely N-dealkylation sites (N-methyl/N-ethyl adjacent to an activating group) is 1. The molecule has 13 heteroatoms. The van der Waals surface area contributed by atoms with Gasteiger partial charge in [-0.3, -0.25) is 29.2 Å². The lowest BCUT2D eigenvalue weighted by atomic mass is 9.77. The van der Waals surface area contributed by atoms with Crippen LogP contribution >= 0.6 is 11.9 Å². The maximum atomic E-state index is 13.4. The smallest absolute Gasteiger partial charge is 0.255 e. The molecular formula is C40H44N6O6S. The zero-order valence-electron chi connectivity index (χ0n) is 30.3. The number of nitrogens with one attached hydrogen (secondary N) is 2. The Hall–Kier alpha value is -5.43. The predicted molar refractivity (Wildman–Crippen MR) is 205 cm³/mol. The van der Waals surface area contributed by atoms with Crippen LogP contribution < -0.4 is 19.7 Å². The molecule has 1 aliphatic carbocycles. The van der Waals surface area contributed by atoms with Crippen LogP contribution in [0, 0.1) is 5.92 Å². The van der Waals surface area contributed by atoms with Gasteiger partial charge in [0.2, 0.25) is 17.8 Å². The molecule has 0 spiro atoms. The van der Waals surface area contributed by atoms with Crippen molar-refractivity contribution in [1.82, 2.24) is 20.2 Å². The van der Waals surface area contributed by atoms with E-state index in [4.69, 9.17) is 9.47 Å². The third kappa shape index (κ3) is 8.79. The first-order valence-electron chi connectivity index (χ1n) is 17.6. The van der Waals surface area contributed by atoms with Gasteiger partial charge in [-0.15, -0.1) is 0 Å². The molecule has 1 aromatic heterocycles. The summed E-state index contributed by atoms with van der Waals surface area (Å²) in [4.78, 5) is 61.3. The Kier molecular flexibility index (Phi) is 11.6. The molecule has 53 heavy (non-hydrogen) atoms. The minimum absolute atomic E-state index is 0.157. The van der Waals surface area contributed by atoms with Gasteiger partial charge >= 0.3 is 0 Å². The molecule has 3 heterocycles. The van der Waals surface area contributed by atoms with Crippen molar-refractivity contribution >= 4 is 47.6 Å². The van der Waals surface area contributed by atoms with Crippen LogP contribution in [-0.2, 0) is 26.3 Å². The van der Waals surface area contributed by atoms with Crippen molar-refractivity contribution in [2.24, 2.45) is 5.92 Å². The standard InChI is InChI=1S/C40H44N6O6S/c1-40(2,29-10-14-33(15-11-29)52-25-30-18-19-41-39(42-30)44-53-4)28-6-5-7-32(13-9-28)51-24-26-21-46(22-26)31-12-8-27(23-47)34(20-31)38(50)45(3)35-16-17-36(48)43-37(35)49/h6-15,18-20,23,26,35H,5,16-17,21-22,24-25H2,1-4H3,(H,41,42,44)(H,43,48,49). The lowest BCUT2D eigenvalue weighted by Crippen LogP contribution is -2.53. The Balaban J connectivity index is 0.991. The summed E-state index contributed by atoms with van der Waals surface area (Å²) in [6.45, 7) is 6.79. The summed E-state index contributed by atoms with van der Waals surface area (Å²) in [5.41, 5.74) is 4.21. The van der Waals surface area contributed by atoms with Gasteiger partial charge in [0.15, 0.2) is 6.29 Å². The second-order valence-electron chi connectivity index (χ2n) is 13.8. The summed E-state index contributed by atoms with van der Waals surface area (Å²) in [7, 11) is 1.52. The Morgan fingerprint density at radius 1 is 1.09 bits per heavy atom. The van der Waals surface area contributed by atoms with Crippen molar-refractivity contribution < 1.29 is 28.7 Å². The van der Waals surface area contributed by atoms with E-state index in [0.29, 0.717) is 25.4 Å². The van der Waals surface area contributed by atoms with Gasteiger partial charge in [-0.05, 0) is 72.5 Å². The number of hydrogen-bond acceptors (Lipinski definition) is 11. The normalized spacial score (nSPS) is 17.5. The Morgan fingerprint density at radius 3 is 2.62 bits per heavy atom. The van der Waals surface area contributed by atoms with E-state index >= 15 is 0 Å². The molecule has 2 saturated heterocycles. The fourth-order valence-corrected chi connectivity index (χ4v) is 6.88. The quantitative estimate of drug-likeness (QED) is 0.121. The predicted octanol–water partition coefficient (Wildman–Crippen LogP) is 5.64. The van der Waals surface area contributed by atoms with E-state index in [9.17, 15) is 19.2 Å². The zero-order chi connectivity index (χ0) is 37.5. The first kappa shape index (κ1) is 37.3. The molecular weight excluding hydrogens is 693 g/mol. The molecule has 276 valence electrons. The van der Waals surface area contributed by atoms with Crippen molar-refractivity contribution in [2.75, 3.05) is 42.6 Å². The topological polar surface area (TPSA) is 143 Å². The molecule has 0 bridgehead atoms. The highest BCUT2D eigenvalue weighted by Gasteiger charge is 2.34. The molecule has 3 amide bonds. The van der Waals surface area contributed by atoms with E-state index < -0.39 is 17.9 Å². The molecule has 3 aromatic rings. The van der Waals surface area contributed by atoms with Crippen molar-refractivity contribution in [3.05, 3.63) is 113 Å². The minimum Gasteiger partial charge on any atom is -0.493 e. The van der Waals surface area contributed by atoms with Gasteiger partial charge in [0.05, 0.1) is 17.9 Å². The van der Waals surface area contributed by atoms with E-state index in [1.807, 2.05) is 36.6 Å². The molecule has 2 aromatic carbocycles. The number of hydrogen-bond donors (Lipinski definition) is 2. The van der Waals surface area contributed by atoms with Gasteiger partial charge in [0.25, 0.3) is 5.91 Å². The number of allylic oxidation sites excluding steroid dienone is 5. The Morgan fingerprint density at radius 2 is 1.89 bits per heavy atom. The highest BCUT2D eigenvalue weighted by molar-refractivity contribution is 7.99. The second-order valence-corrected chi connectivity index (χ2v) is 14.4. The molecule has 6 rings (SSSR count). The maximum absolute atomic E-state index is 13.4. The van der Waals surface area contributed by atoms with Gasteiger partial charge in [0.1, 0.15) is 24.2 Å². The fourth-order valence-electron chi connectivity index (χ4n) is 6.60. The van der Waals surface area contributed by atoms with Gasteiger partial charge < -0.3 is 19.3 Å². The SMILES string of the molecule is CSNc1nccc(COc2ccc(C(C)(C)C3=CCC=C(OCC4CN(c5ccc(C=O)c(C(=O)N(C)C6CCC(=O)NC6=O)c5)C4)C=C3)cc2)n1. The highest BCUT2D eigenvalue weighted by Crippen LogP contribution is 2.35. The number of aromatic nitrogens is 2. The molecule has 0 saturated carbocycles. The van der Waals surface area contributed by atoms with E-state index in [-0.39, 0.29) is 41.2 Å². The average molecular weight is 737 g/mol. The van der Waals surface area contributed by atoms with Gasteiger partial charge in [-0.1, -0.05) is 50.1 Å². The molecule has 2 N–H and O–H groups in total. The molecule has 0 radical (unpaired) electrons. The van der Waals surface area contributed by atoms with Crippen molar-refractivity contribution in [3.63, 3.8) is 0 Å². The number of piperidine rings is 1. The average Bonchev–Trinajstić information content (AvgIpc) is 3.40. The fraction of sp³-hybridized carbons (Fsp3) is 0.350. The van der Waals surface area contributed by atoms with Crippen molar-refractivity contribution in [1.29, 1.82) is 0 Å². The summed E-state index contributed by atoms with van der Waals surface area (Å²) < 4.78 is 15.3. The Labute approximate surface area is 313 Å². The van der Waals surface area contributed by atoms with Crippen LogP contribution in [0.2, 0.25) is 0 Å². The highest BCUT2D eigenvalue weighted by atomic mass is 32.2. The van der Waals surface area contributed by atoms with Gasteiger partial charge in [0, 0.05) is 61.6 Å². The third-order valence-electron chi connectivity index (χ3n) is 9.88. The number of imide groups is 1. The van der Waals surface area contributed by atoms with Crippen LogP contribution in [0.3, 0.4) is 0 Å². The summed E-state index contributed by atoms with van der Waals surface area (Å²) in [6, 6.07) is 14.4. The zero-order valence-corrected chi connectivity index (χ0v) is 31.2. The van der Waals surface area contributed by atoms with E-state index in [2.05, 4.69) is 69.1 Å². The summed E-state index contributed by atoms with van der Waals surface area (Å²) in [6.07, 6.45) is 13.9. The first-order valence-corrected chi connectivity index (χ1v) is 18.8. The molecule has 1 unspecified atom stereocenters. The van der Waals surface area contributed by atoms with Crippen LogP contribution in [0.1, 0.15) is 65.1 Å². The number of rotatable bonds is 14. The van der Waals surface area contributed by atoms with Crippen LogP contribution in [0.4, 0.5) is 11.6 Å². The van der Waals surface area contributed by atoms with Crippen LogP contribution in [0.5, 0.6) is 5.75 Å². The van der Waals surface area contributed by atoms with Crippen molar-refractivity contribution in [2.45, 2.75) is 51.2 Å². The monoisotopic (exact) mass is 736 g/mol. The largest absolute Gasteiger partial charge is 0.493 e. The maximum Gasteiger partial charge on any atom is 0.255 e. The Bertz CT molecular complexity index is 1950. The molecule has 2 fully saturated rings. The lowest BCUT2D eigenvalue weighted by molar-refractivity contribution is -0.136. The number of ether oxygens (including phenoxy) is 2. The number of benzene rings is 2. The van der Waals surface area contributed by atoms with Crippen LogP contribution in [-0.4, -0.2) is 77.9 Å². The number of carbonyl (C=O) groups excluding carboxylic acids is 4. The van der Waals surface area contributed by atoms with Crippen molar-refractivity contribution in [3.8, 4) is 5.75 Å². The molecule has 3 aliphatic rings. The minimum atomic E-state index is -0.774. The molecule has 2 aliphatic heterocycles. The van der Waals surface area contributed by atoms with Gasteiger partial charge in [-0.25, -0.2) is 9.97 Å².